The molecule has 0 unspecified atom stereocenters. The number of aryl methyl sites for hydroxylation is 1. The van der Waals surface area contributed by atoms with Crippen LogP contribution in [0.2, 0.25) is 0 Å². The molecule has 1 heterocycles. The van der Waals surface area contributed by atoms with Crippen LogP contribution < -0.4 is 5.32 Å². The van der Waals surface area contributed by atoms with Crippen LogP contribution in [0.15, 0.2) is 48.5 Å². The third-order valence-corrected chi connectivity index (χ3v) is 3.35. The first-order valence-electron chi connectivity index (χ1n) is 6.68. The van der Waals surface area contributed by atoms with Gasteiger partial charge in [0.25, 0.3) is 0 Å². The average molecular weight is 284 g/mol. The molecule has 1 aromatic heterocycles. The zero-order chi connectivity index (χ0) is 14.8. The van der Waals surface area contributed by atoms with Crippen molar-refractivity contribution in [3.05, 3.63) is 71.4 Å². The highest BCUT2D eigenvalue weighted by Crippen LogP contribution is 2.22. The zero-order valence-electron chi connectivity index (χ0n) is 11.5. The van der Waals surface area contributed by atoms with E-state index in [1.165, 1.54) is 18.2 Å². The Labute approximate surface area is 121 Å². The number of halogens is 2. The Kier molecular flexibility index (Phi) is 3.52. The molecule has 0 saturated heterocycles. The van der Waals surface area contributed by atoms with Crippen molar-refractivity contribution >= 4 is 16.6 Å². The van der Waals surface area contributed by atoms with E-state index in [1.807, 2.05) is 37.3 Å². The van der Waals surface area contributed by atoms with Crippen molar-refractivity contribution in [1.82, 2.24) is 4.98 Å². The van der Waals surface area contributed by atoms with Gasteiger partial charge in [0.15, 0.2) is 0 Å². The van der Waals surface area contributed by atoms with Crippen molar-refractivity contribution in [3.8, 4) is 0 Å². The highest BCUT2D eigenvalue weighted by molar-refractivity contribution is 5.82. The van der Waals surface area contributed by atoms with Gasteiger partial charge in [0.1, 0.15) is 17.3 Å². The van der Waals surface area contributed by atoms with E-state index < -0.39 is 11.6 Å². The lowest BCUT2D eigenvalue weighted by molar-refractivity contribution is 0.588. The normalized spacial score (nSPS) is 10.8. The van der Waals surface area contributed by atoms with E-state index in [9.17, 15) is 8.78 Å². The Morgan fingerprint density at radius 2 is 1.71 bits per heavy atom. The van der Waals surface area contributed by atoms with Gasteiger partial charge in [0.2, 0.25) is 0 Å². The first-order chi connectivity index (χ1) is 10.1. The minimum atomic E-state index is -0.593. The lowest BCUT2D eigenvalue weighted by Crippen LogP contribution is -2.05. The van der Waals surface area contributed by atoms with Crippen molar-refractivity contribution in [2.45, 2.75) is 13.5 Å². The maximum Gasteiger partial charge on any atom is 0.149 e. The number of hydrogen-bond donors (Lipinski definition) is 1. The first kappa shape index (κ1) is 13.5. The molecule has 0 aliphatic rings. The summed E-state index contributed by atoms with van der Waals surface area (Å²) in [6.45, 7) is 2.24. The number of para-hydroxylation sites is 2. The fourth-order valence-electron chi connectivity index (χ4n) is 2.39. The molecule has 0 spiro atoms. The van der Waals surface area contributed by atoms with Crippen LogP contribution >= 0.6 is 0 Å². The summed E-state index contributed by atoms with van der Waals surface area (Å²) in [5.41, 5.74) is 2.61. The van der Waals surface area contributed by atoms with Crippen molar-refractivity contribution in [2.24, 2.45) is 0 Å². The molecule has 0 fully saturated rings. The van der Waals surface area contributed by atoms with Gasteiger partial charge in [-0.1, -0.05) is 24.3 Å². The molecule has 2 nitrogen and oxygen atoms in total. The Bertz CT molecular complexity index is 780. The van der Waals surface area contributed by atoms with Crippen LogP contribution in [0.1, 0.15) is 11.3 Å². The number of aromatic nitrogens is 1. The summed E-state index contributed by atoms with van der Waals surface area (Å²) in [5, 5.41) is 3.82. The number of pyridine rings is 1. The topological polar surface area (TPSA) is 24.9 Å². The standard InChI is InChI=1S/C17H14F2N2/c1-11-9-12(13-5-2-3-8-16(13)21-11)10-20-17-14(18)6-4-7-15(17)19/h2-9,20H,10H2,1H3. The van der Waals surface area contributed by atoms with Gasteiger partial charge in [-0.3, -0.25) is 4.98 Å². The number of benzene rings is 2. The highest BCUT2D eigenvalue weighted by Gasteiger charge is 2.09. The van der Waals surface area contributed by atoms with Gasteiger partial charge >= 0.3 is 0 Å². The van der Waals surface area contributed by atoms with Crippen LogP contribution in [0.3, 0.4) is 0 Å². The molecule has 3 rings (SSSR count). The quantitative estimate of drug-likeness (QED) is 0.769. The smallest absolute Gasteiger partial charge is 0.149 e. The van der Waals surface area contributed by atoms with E-state index in [1.54, 1.807) is 0 Å². The van der Waals surface area contributed by atoms with Crippen molar-refractivity contribution < 1.29 is 8.78 Å². The summed E-state index contributed by atoms with van der Waals surface area (Å²) >= 11 is 0. The number of fused-ring (bicyclic) bond motifs is 1. The lowest BCUT2D eigenvalue weighted by atomic mass is 10.1. The van der Waals surface area contributed by atoms with Crippen molar-refractivity contribution in [2.75, 3.05) is 5.32 Å². The summed E-state index contributed by atoms with van der Waals surface area (Å²) in [6.07, 6.45) is 0. The molecule has 0 aliphatic carbocycles. The molecule has 3 aromatic rings. The second-order valence-electron chi connectivity index (χ2n) is 4.89. The van der Waals surface area contributed by atoms with Crippen molar-refractivity contribution in [1.29, 1.82) is 0 Å². The second kappa shape index (κ2) is 5.48. The summed E-state index contributed by atoms with van der Waals surface area (Å²) in [6, 6.07) is 13.5. The van der Waals surface area contributed by atoms with E-state index in [2.05, 4.69) is 10.3 Å². The van der Waals surface area contributed by atoms with Gasteiger partial charge in [0.05, 0.1) is 5.52 Å². The average Bonchev–Trinajstić information content (AvgIpc) is 2.46. The van der Waals surface area contributed by atoms with Crippen LogP contribution in [0.4, 0.5) is 14.5 Å². The third kappa shape index (κ3) is 2.70. The zero-order valence-corrected chi connectivity index (χ0v) is 11.5. The third-order valence-electron chi connectivity index (χ3n) is 3.35. The minimum Gasteiger partial charge on any atom is -0.376 e. The maximum atomic E-state index is 13.6. The predicted octanol–water partition coefficient (Wildman–Crippen LogP) is 4.43. The van der Waals surface area contributed by atoms with Gasteiger partial charge in [-0.05, 0) is 36.8 Å². The minimum absolute atomic E-state index is 0.101. The van der Waals surface area contributed by atoms with Gasteiger partial charge in [0, 0.05) is 17.6 Å². The SMILES string of the molecule is Cc1cc(CNc2c(F)cccc2F)c2ccccc2n1. The molecule has 0 atom stereocenters. The maximum absolute atomic E-state index is 13.6. The fraction of sp³-hybridized carbons (Fsp3) is 0.118. The van der Waals surface area contributed by atoms with E-state index in [-0.39, 0.29) is 5.69 Å². The van der Waals surface area contributed by atoms with Crippen LogP contribution in [-0.2, 0) is 6.54 Å². The Balaban J connectivity index is 1.95. The van der Waals surface area contributed by atoms with Crippen LogP contribution in [-0.4, -0.2) is 4.98 Å². The van der Waals surface area contributed by atoms with E-state index in [4.69, 9.17) is 0 Å². The molecular weight excluding hydrogens is 270 g/mol. The Morgan fingerprint density at radius 1 is 1.00 bits per heavy atom. The van der Waals surface area contributed by atoms with Gasteiger partial charge < -0.3 is 5.32 Å². The molecule has 0 aliphatic heterocycles. The first-order valence-corrected chi connectivity index (χ1v) is 6.68. The molecular formula is C17H14F2N2. The molecule has 1 N–H and O–H groups in total. The monoisotopic (exact) mass is 284 g/mol. The largest absolute Gasteiger partial charge is 0.376 e. The van der Waals surface area contributed by atoms with Crippen LogP contribution in [0.5, 0.6) is 0 Å². The van der Waals surface area contributed by atoms with Crippen LogP contribution in [0.25, 0.3) is 10.9 Å². The molecule has 21 heavy (non-hydrogen) atoms. The number of nitrogens with zero attached hydrogens (tertiary/aromatic N) is 1. The molecule has 2 aromatic carbocycles. The highest BCUT2D eigenvalue weighted by atomic mass is 19.1. The number of nitrogens with one attached hydrogen (secondary N) is 1. The second-order valence-corrected chi connectivity index (χ2v) is 4.89. The number of anilines is 1. The summed E-state index contributed by atoms with van der Waals surface area (Å²) in [4.78, 5) is 4.45. The van der Waals surface area contributed by atoms with E-state index in [0.717, 1.165) is 22.2 Å². The van der Waals surface area contributed by atoms with E-state index >= 15 is 0 Å². The van der Waals surface area contributed by atoms with Crippen LogP contribution in [0, 0.1) is 18.6 Å². The Hall–Kier alpha value is -2.49. The number of rotatable bonds is 3. The molecule has 0 amide bonds. The lowest BCUT2D eigenvalue weighted by Gasteiger charge is -2.11. The Morgan fingerprint density at radius 3 is 2.48 bits per heavy atom. The summed E-state index contributed by atoms with van der Waals surface area (Å²) in [5.74, 6) is -1.19. The fourth-order valence-corrected chi connectivity index (χ4v) is 2.39. The van der Waals surface area contributed by atoms with Gasteiger partial charge in [-0.25, -0.2) is 8.78 Å². The molecule has 106 valence electrons. The molecule has 0 bridgehead atoms. The molecule has 0 radical (unpaired) electrons. The molecule has 4 heteroatoms. The molecule has 0 saturated carbocycles. The summed E-state index contributed by atoms with van der Waals surface area (Å²) in [7, 11) is 0. The van der Waals surface area contributed by atoms with E-state index in [0.29, 0.717) is 6.54 Å². The van der Waals surface area contributed by atoms with Gasteiger partial charge in [-0.2, -0.15) is 0 Å². The summed E-state index contributed by atoms with van der Waals surface area (Å²) < 4.78 is 27.3. The van der Waals surface area contributed by atoms with Gasteiger partial charge in [-0.15, -0.1) is 0 Å². The predicted molar refractivity (Wildman–Crippen MR) is 80.2 cm³/mol. The number of hydrogen-bond acceptors (Lipinski definition) is 2. The van der Waals surface area contributed by atoms with Crippen molar-refractivity contribution in [3.63, 3.8) is 0 Å².